The van der Waals surface area contributed by atoms with Crippen LogP contribution in [0.2, 0.25) is 0 Å². The Morgan fingerprint density at radius 1 is 0.800 bits per heavy atom. The van der Waals surface area contributed by atoms with Crippen molar-refractivity contribution in [3.63, 3.8) is 0 Å². The molecule has 138 valence electrons. The van der Waals surface area contributed by atoms with Gasteiger partial charge in [0.05, 0.1) is 6.54 Å². The van der Waals surface area contributed by atoms with Gasteiger partial charge in [0.25, 0.3) is 0 Å². The largest absolute Gasteiger partial charge is 0.248 e. The summed E-state index contributed by atoms with van der Waals surface area (Å²) < 4.78 is 4.50. The number of imidazole rings is 1. The highest BCUT2D eigenvalue weighted by atomic mass is 15.1. The van der Waals surface area contributed by atoms with Gasteiger partial charge in [-0.25, -0.2) is 9.13 Å². The molecule has 25 heavy (non-hydrogen) atoms. The molecule has 0 aliphatic heterocycles. The second kappa shape index (κ2) is 11.9. The van der Waals surface area contributed by atoms with Gasteiger partial charge in [0.15, 0.2) is 0 Å². The second-order valence-corrected chi connectivity index (χ2v) is 7.76. The lowest BCUT2D eigenvalue weighted by atomic mass is 10.0. The van der Waals surface area contributed by atoms with Gasteiger partial charge in [-0.1, -0.05) is 83.4 Å². The molecule has 2 nitrogen and oxygen atoms in total. The SMILES string of the molecule is CC(C)CCCCCCCCCCC[n+]1ccn(-c2ccccc2)c1. The first-order valence-electron chi connectivity index (χ1n) is 10.4. The zero-order valence-electron chi connectivity index (χ0n) is 16.4. The van der Waals surface area contributed by atoms with Crippen molar-refractivity contribution in [1.82, 2.24) is 4.57 Å². The molecule has 2 rings (SSSR count). The molecule has 0 saturated heterocycles. The van der Waals surface area contributed by atoms with Crippen LogP contribution in [0.5, 0.6) is 0 Å². The number of unbranched alkanes of at least 4 members (excludes halogenated alkanes) is 8. The van der Waals surface area contributed by atoms with E-state index in [1.165, 1.54) is 69.9 Å². The predicted octanol–water partition coefficient (Wildman–Crippen LogP) is 6.32. The molecule has 0 aliphatic rings. The van der Waals surface area contributed by atoms with Crippen LogP contribution in [0.15, 0.2) is 49.1 Å². The van der Waals surface area contributed by atoms with Gasteiger partial charge in [0.1, 0.15) is 18.1 Å². The van der Waals surface area contributed by atoms with Crippen molar-refractivity contribution >= 4 is 0 Å². The minimum Gasteiger partial charge on any atom is -0.236 e. The highest BCUT2D eigenvalue weighted by Crippen LogP contribution is 2.13. The summed E-state index contributed by atoms with van der Waals surface area (Å²) in [7, 11) is 0. The van der Waals surface area contributed by atoms with Crippen LogP contribution in [0.3, 0.4) is 0 Å². The Labute approximate surface area is 154 Å². The minimum absolute atomic E-state index is 0.877. The van der Waals surface area contributed by atoms with Crippen LogP contribution in [-0.2, 0) is 6.54 Å². The number of nitrogens with zero attached hydrogens (tertiary/aromatic N) is 2. The molecular formula is C23H37N2+. The summed E-state index contributed by atoms with van der Waals surface area (Å²) in [6.45, 7) is 5.79. The van der Waals surface area contributed by atoms with E-state index in [0.29, 0.717) is 0 Å². The van der Waals surface area contributed by atoms with Crippen LogP contribution >= 0.6 is 0 Å². The molecule has 2 aromatic rings. The molecule has 0 bridgehead atoms. The lowest BCUT2D eigenvalue weighted by molar-refractivity contribution is -0.696. The van der Waals surface area contributed by atoms with E-state index in [1.807, 2.05) is 0 Å². The number of benzene rings is 1. The molecule has 0 atom stereocenters. The Bertz CT molecular complexity index is 556. The maximum Gasteiger partial charge on any atom is 0.248 e. The molecule has 1 aromatic carbocycles. The number of aromatic nitrogens is 2. The molecule has 0 unspecified atom stereocenters. The van der Waals surface area contributed by atoms with Crippen molar-refractivity contribution in [3.05, 3.63) is 49.1 Å². The first kappa shape index (κ1) is 19.8. The lowest BCUT2D eigenvalue weighted by Gasteiger charge is -2.04. The summed E-state index contributed by atoms with van der Waals surface area (Å²) in [5.74, 6) is 0.877. The van der Waals surface area contributed by atoms with Crippen LogP contribution in [0.4, 0.5) is 0 Å². The number of aryl methyl sites for hydroxylation is 1. The van der Waals surface area contributed by atoms with E-state index < -0.39 is 0 Å². The second-order valence-electron chi connectivity index (χ2n) is 7.76. The molecule has 0 saturated carbocycles. The van der Waals surface area contributed by atoms with Gasteiger partial charge < -0.3 is 0 Å². The van der Waals surface area contributed by atoms with E-state index in [9.17, 15) is 0 Å². The van der Waals surface area contributed by atoms with E-state index in [2.05, 4.69) is 72.0 Å². The molecule has 2 heteroatoms. The van der Waals surface area contributed by atoms with Crippen molar-refractivity contribution < 1.29 is 4.57 Å². The predicted molar refractivity (Wildman–Crippen MR) is 107 cm³/mol. The standard InChI is InChI=1S/C23H37N2/c1-22(2)15-11-8-6-4-3-5-7-9-14-18-24-19-20-25(21-24)23-16-12-10-13-17-23/h10,12-13,16-17,19-22H,3-9,11,14-15,18H2,1-2H3/q+1. The molecule has 0 radical (unpaired) electrons. The van der Waals surface area contributed by atoms with Crippen molar-refractivity contribution in [2.45, 2.75) is 84.6 Å². The lowest BCUT2D eigenvalue weighted by Crippen LogP contribution is -2.30. The smallest absolute Gasteiger partial charge is 0.236 e. The maximum atomic E-state index is 2.33. The monoisotopic (exact) mass is 341 g/mol. The molecule has 1 aromatic heterocycles. The highest BCUT2D eigenvalue weighted by molar-refractivity contribution is 5.30. The van der Waals surface area contributed by atoms with Crippen LogP contribution in [0.25, 0.3) is 5.69 Å². The minimum atomic E-state index is 0.877. The summed E-state index contributed by atoms with van der Waals surface area (Å²) in [5.41, 5.74) is 1.23. The molecular weight excluding hydrogens is 304 g/mol. The normalized spacial score (nSPS) is 11.3. The quantitative estimate of drug-likeness (QED) is 0.298. The zero-order chi connectivity index (χ0) is 17.7. The summed E-state index contributed by atoms with van der Waals surface area (Å²) in [6.07, 6.45) is 20.6. The molecule has 1 heterocycles. The Kier molecular flexibility index (Phi) is 9.40. The van der Waals surface area contributed by atoms with E-state index >= 15 is 0 Å². The van der Waals surface area contributed by atoms with E-state index in [4.69, 9.17) is 0 Å². The number of hydrogen-bond donors (Lipinski definition) is 0. The molecule has 0 spiro atoms. The van der Waals surface area contributed by atoms with Crippen molar-refractivity contribution in [2.75, 3.05) is 0 Å². The fourth-order valence-electron chi connectivity index (χ4n) is 3.36. The van der Waals surface area contributed by atoms with Gasteiger partial charge in [-0.3, -0.25) is 0 Å². The van der Waals surface area contributed by atoms with Crippen molar-refractivity contribution in [3.8, 4) is 5.69 Å². The van der Waals surface area contributed by atoms with Crippen LogP contribution in [-0.4, -0.2) is 4.57 Å². The third-order valence-corrected chi connectivity index (χ3v) is 4.94. The van der Waals surface area contributed by atoms with E-state index in [0.717, 1.165) is 12.5 Å². The molecule has 0 fully saturated rings. The number of para-hydroxylation sites is 1. The Hall–Kier alpha value is -1.57. The maximum absolute atomic E-state index is 2.33. The number of hydrogen-bond acceptors (Lipinski definition) is 0. The Morgan fingerprint density at radius 3 is 2.04 bits per heavy atom. The average molecular weight is 342 g/mol. The summed E-state index contributed by atoms with van der Waals surface area (Å²) in [4.78, 5) is 0. The van der Waals surface area contributed by atoms with Gasteiger partial charge in [0.2, 0.25) is 6.33 Å². The van der Waals surface area contributed by atoms with E-state index in [1.54, 1.807) is 0 Å². The highest BCUT2D eigenvalue weighted by Gasteiger charge is 2.05. The summed E-state index contributed by atoms with van der Waals surface area (Å²) in [5, 5.41) is 0. The van der Waals surface area contributed by atoms with Crippen LogP contribution in [0.1, 0.15) is 78.1 Å². The van der Waals surface area contributed by atoms with Gasteiger partial charge in [-0.15, -0.1) is 0 Å². The number of rotatable bonds is 13. The van der Waals surface area contributed by atoms with Gasteiger partial charge >= 0.3 is 0 Å². The summed E-state index contributed by atoms with van der Waals surface area (Å²) in [6, 6.07) is 10.5. The zero-order valence-corrected chi connectivity index (χ0v) is 16.4. The first-order valence-corrected chi connectivity index (χ1v) is 10.4. The van der Waals surface area contributed by atoms with E-state index in [-0.39, 0.29) is 0 Å². The van der Waals surface area contributed by atoms with Crippen molar-refractivity contribution in [1.29, 1.82) is 0 Å². The van der Waals surface area contributed by atoms with Crippen LogP contribution < -0.4 is 4.57 Å². The first-order chi connectivity index (χ1) is 12.3. The Balaban J connectivity index is 1.47. The summed E-state index contributed by atoms with van der Waals surface area (Å²) >= 11 is 0. The topological polar surface area (TPSA) is 8.81 Å². The van der Waals surface area contributed by atoms with Gasteiger partial charge in [-0.05, 0) is 30.9 Å². The molecule has 0 N–H and O–H groups in total. The fraction of sp³-hybridized carbons (Fsp3) is 0.609. The molecule has 0 aliphatic carbocycles. The molecule has 0 amide bonds. The average Bonchev–Trinajstić information content (AvgIpc) is 3.09. The van der Waals surface area contributed by atoms with Crippen molar-refractivity contribution in [2.24, 2.45) is 5.92 Å². The van der Waals surface area contributed by atoms with Gasteiger partial charge in [0, 0.05) is 0 Å². The van der Waals surface area contributed by atoms with Gasteiger partial charge in [-0.2, -0.15) is 0 Å². The Morgan fingerprint density at radius 2 is 1.40 bits per heavy atom. The fourth-order valence-corrected chi connectivity index (χ4v) is 3.36. The third kappa shape index (κ3) is 8.38. The third-order valence-electron chi connectivity index (χ3n) is 4.94. The van der Waals surface area contributed by atoms with Crippen LogP contribution in [0, 0.1) is 5.92 Å².